The summed E-state index contributed by atoms with van der Waals surface area (Å²) in [5, 5.41) is 15.5. The molecular weight excluding hydrogens is 272 g/mol. The van der Waals surface area contributed by atoms with Crippen molar-refractivity contribution >= 4 is 27.4 Å². The van der Waals surface area contributed by atoms with E-state index >= 15 is 0 Å². The summed E-state index contributed by atoms with van der Waals surface area (Å²) in [6.45, 7) is 1.61. The zero-order valence-corrected chi connectivity index (χ0v) is 12.5. The highest BCUT2D eigenvalue weighted by Gasteiger charge is 2.25. The highest BCUT2D eigenvalue weighted by atomic mass is 32.1. The van der Waals surface area contributed by atoms with E-state index in [1.807, 2.05) is 18.5 Å². The van der Waals surface area contributed by atoms with Gasteiger partial charge < -0.3 is 10.4 Å². The molecule has 0 saturated heterocycles. The molecule has 20 heavy (non-hydrogen) atoms. The Hall–Kier alpha value is -1.24. The van der Waals surface area contributed by atoms with Gasteiger partial charge in [-0.2, -0.15) is 0 Å². The molecule has 108 valence electrons. The number of aliphatic hydroxyl groups is 1. The van der Waals surface area contributed by atoms with Crippen LogP contribution in [-0.2, 0) is 6.54 Å². The topological polar surface area (TPSA) is 61.3 Å². The largest absolute Gasteiger partial charge is 0.395 e. The second-order valence-electron chi connectivity index (χ2n) is 5.16. The van der Waals surface area contributed by atoms with Gasteiger partial charge in [-0.05, 0) is 24.3 Å². The maximum Gasteiger partial charge on any atom is 0.146 e. The number of nitrogens with zero attached hydrogens (tertiary/aromatic N) is 3. The molecule has 2 aromatic heterocycles. The van der Waals surface area contributed by atoms with Gasteiger partial charge in [-0.1, -0.05) is 6.42 Å². The first kappa shape index (κ1) is 13.7. The SMILES string of the molecule is CNc1nc(CN(CCO)C2CCC2)nc2sccc12. The standard InChI is InChI=1S/C14H20N4OS/c1-15-13-11-5-8-20-14(11)17-12(16-13)9-18(6-7-19)10-3-2-4-10/h5,8,10,19H,2-4,6-7,9H2,1H3,(H,15,16,17). The van der Waals surface area contributed by atoms with Crippen LogP contribution in [0.25, 0.3) is 10.2 Å². The van der Waals surface area contributed by atoms with Crippen LogP contribution in [0.2, 0.25) is 0 Å². The Kier molecular flexibility index (Phi) is 4.14. The molecule has 5 nitrogen and oxygen atoms in total. The van der Waals surface area contributed by atoms with Gasteiger partial charge in [-0.15, -0.1) is 11.3 Å². The van der Waals surface area contributed by atoms with E-state index in [2.05, 4.69) is 20.2 Å². The van der Waals surface area contributed by atoms with Gasteiger partial charge in [0.1, 0.15) is 16.5 Å². The van der Waals surface area contributed by atoms with Crippen molar-refractivity contribution in [3.8, 4) is 0 Å². The summed E-state index contributed by atoms with van der Waals surface area (Å²) in [6, 6.07) is 2.63. The van der Waals surface area contributed by atoms with Gasteiger partial charge in [0.25, 0.3) is 0 Å². The maximum atomic E-state index is 9.23. The van der Waals surface area contributed by atoms with E-state index in [0.29, 0.717) is 19.1 Å². The minimum atomic E-state index is 0.191. The third-order valence-electron chi connectivity index (χ3n) is 3.93. The number of aromatic nitrogens is 2. The molecule has 0 atom stereocenters. The zero-order chi connectivity index (χ0) is 13.9. The van der Waals surface area contributed by atoms with Gasteiger partial charge in [0.2, 0.25) is 0 Å². The van der Waals surface area contributed by atoms with Crippen molar-refractivity contribution in [2.45, 2.75) is 31.8 Å². The lowest BCUT2D eigenvalue weighted by molar-refractivity contribution is 0.0922. The molecule has 1 aliphatic rings. The number of hydrogen-bond donors (Lipinski definition) is 2. The van der Waals surface area contributed by atoms with Crippen LogP contribution in [0, 0.1) is 0 Å². The molecule has 0 aliphatic heterocycles. The number of aliphatic hydroxyl groups excluding tert-OH is 1. The summed E-state index contributed by atoms with van der Waals surface area (Å²) in [6.07, 6.45) is 3.74. The quantitative estimate of drug-likeness (QED) is 0.853. The van der Waals surface area contributed by atoms with Crippen molar-refractivity contribution < 1.29 is 5.11 Å². The number of nitrogens with one attached hydrogen (secondary N) is 1. The Labute approximate surface area is 122 Å². The van der Waals surface area contributed by atoms with E-state index in [1.54, 1.807) is 11.3 Å². The molecule has 0 spiro atoms. The van der Waals surface area contributed by atoms with Gasteiger partial charge in [0.15, 0.2) is 0 Å². The Bertz CT molecular complexity index is 582. The Balaban J connectivity index is 1.84. The van der Waals surface area contributed by atoms with Crippen molar-refractivity contribution in [1.29, 1.82) is 0 Å². The Morgan fingerprint density at radius 3 is 2.95 bits per heavy atom. The fourth-order valence-electron chi connectivity index (χ4n) is 2.61. The lowest BCUT2D eigenvalue weighted by Crippen LogP contribution is -2.41. The van der Waals surface area contributed by atoms with E-state index in [9.17, 15) is 5.11 Å². The molecule has 2 N–H and O–H groups in total. The molecule has 2 aromatic rings. The van der Waals surface area contributed by atoms with E-state index in [4.69, 9.17) is 0 Å². The molecule has 0 unspecified atom stereocenters. The second kappa shape index (κ2) is 6.03. The summed E-state index contributed by atoms with van der Waals surface area (Å²) in [5.74, 6) is 1.73. The van der Waals surface area contributed by atoms with Crippen LogP contribution in [0.15, 0.2) is 11.4 Å². The molecule has 6 heteroatoms. The smallest absolute Gasteiger partial charge is 0.146 e. The van der Waals surface area contributed by atoms with Crippen molar-refractivity contribution in [2.24, 2.45) is 0 Å². The predicted octanol–water partition coefficient (Wildman–Crippen LogP) is 2.08. The molecule has 0 aromatic carbocycles. The summed E-state index contributed by atoms with van der Waals surface area (Å²) in [7, 11) is 1.89. The summed E-state index contributed by atoms with van der Waals surface area (Å²) >= 11 is 1.64. The van der Waals surface area contributed by atoms with Crippen molar-refractivity contribution in [1.82, 2.24) is 14.9 Å². The molecule has 2 heterocycles. The summed E-state index contributed by atoms with van der Waals surface area (Å²) in [5.41, 5.74) is 0. The fraction of sp³-hybridized carbons (Fsp3) is 0.571. The van der Waals surface area contributed by atoms with Gasteiger partial charge in [-0.3, -0.25) is 4.90 Å². The number of hydrogen-bond acceptors (Lipinski definition) is 6. The normalized spacial score (nSPS) is 15.8. The molecule has 3 rings (SSSR count). The number of anilines is 1. The third kappa shape index (κ3) is 2.63. The molecule has 1 fully saturated rings. The average Bonchev–Trinajstić information content (AvgIpc) is 2.84. The summed E-state index contributed by atoms with van der Waals surface area (Å²) in [4.78, 5) is 12.6. The van der Waals surface area contributed by atoms with Gasteiger partial charge in [0, 0.05) is 19.6 Å². The monoisotopic (exact) mass is 292 g/mol. The van der Waals surface area contributed by atoms with E-state index in [0.717, 1.165) is 21.9 Å². The molecule has 0 radical (unpaired) electrons. The number of fused-ring (bicyclic) bond motifs is 1. The molecular formula is C14H20N4OS. The second-order valence-corrected chi connectivity index (χ2v) is 6.05. The van der Waals surface area contributed by atoms with Gasteiger partial charge in [0.05, 0.1) is 18.5 Å². The third-order valence-corrected chi connectivity index (χ3v) is 4.74. The van der Waals surface area contributed by atoms with Gasteiger partial charge >= 0.3 is 0 Å². The molecule has 0 amide bonds. The first-order valence-electron chi connectivity index (χ1n) is 7.08. The number of thiophene rings is 1. The highest BCUT2D eigenvalue weighted by molar-refractivity contribution is 7.16. The van der Waals surface area contributed by atoms with Gasteiger partial charge in [-0.25, -0.2) is 9.97 Å². The number of rotatable bonds is 6. The van der Waals surface area contributed by atoms with Crippen LogP contribution < -0.4 is 5.32 Å². The van der Waals surface area contributed by atoms with Crippen LogP contribution in [0.4, 0.5) is 5.82 Å². The fourth-order valence-corrected chi connectivity index (χ4v) is 3.40. The van der Waals surface area contributed by atoms with Crippen LogP contribution in [-0.4, -0.2) is 46.2 Å². The van der Waals surface area contributed by atoms with E-state index < -0.39 is 0 Å². The Morgan fingerprint density at radius 1 is 1.45 bits per heavy atom. The first-order valence-corrected chi connectivity index (χ1v) is 7.96. The molecule has 1 aliphatic carbocycles. The minimum absolute atomic E-state index is 0.191. The predicted molar refractivity (Wildman–Crippen MR) is 82.1 cm³/mol. The van der Waals surface area contributed by atoms with Crippen molar-refractivity contribution in [2.75, 3.05) is 25.5 Å². The summed E-state index contributed by atoms with van der Waals surface area (Å²) < 4.78 is 0. The lowest BCUT2D eigenvalue weighted by Gasteiger charge is -2.36. The molecule has 0 bridgehead atoms. The van der Waals surface area contributed by atoms with Crippen molar-refractivity contribution in [3.63, 3.8) is 0 Å². The molecule has 1 saturated carbocycles. The lowest BCUT2D eigenvalue weighted by atomic mass is 9.91. The van der Waals surface area contributed by atoms with Crippen LogP contribution in [0.1, 0.15) is 25.1 Å². The first-order chi connectivity index (χ1) is 9.81. The minimum Gasteiger partial charge on any atom is -0.395 e. The van der Waals surface area contributed by atoms with Crippen LogP contribution >= 0.6 is 11.3 Å². The van der Waals surface area contributed by atoms with Crippen LogP contribution in [0.3, 0.4) is 0 Å². The Morgan fingerprint density at radius 2 is 2.30 bits per heavy atom. The van der Waals surface area contributed by atoms with Crippen molar-refractivity contribution in [3.05, 3.63) is 17.3 Å². The van der Waals surface area contributed by atoms with Crippen LogP contribution in [0.5, 0.6) is 0 Å². The maximum absolute atomic E-state index is 9.23. The average molecular weight is 292 g/mol. The van der Waals surface area contributed by atoms with E-state index in [-0.39, 0.29) is 6.61 Å². The zero-order valence-electron chi connectivity index (χ0n) is 11.7. The highest BCUT2D eigenvalue weighted by Crippen LogP contribution is 2.28. The van der Waals surface area contributed by atoms with E-state index in [1.165, 1.54) is 19.3 Å².